The molecule has 196 valence electrons. The van der Waals surface area contributed by atoms with E-state index >= 15 is 0 Å². The minimum absolute atomic E-state index is 0.0249. The summed E-state index contributed by atoms with van der Waals surface area (Å²) in [5.74, 6) is 0.311. The third kappa shape index (κ3) is 5.10. The van der Waals surface area contributed by atoms with E-state index < -0.39 is 15.5 Å². The molecule has 2 N–H and O–H groups in total. The van der Waals surface area contributed by atoms with Crippen LogP contribution in [-0.4, -0.2) is 29.8 Å². The van der Waals surface area contributed by atoms with Gasteiger partial charge in [0, 0.05) is 12.6 Å². The summed E-state index contributed by atoms with van der Waals surface area (Å²) in [5.41, 5.74) is 2.55. The normalized spacial score (nSPS) is 19.8. The fourth-order valence-electron chi connectivity index (χ4n) is 5.02. The van der Waals surface area contributed by atoms with Gasteiger partial charge in [-0.3, -0.25) is 18.9 Å². The van der Waals surface area contributed by atoms with Crippen molar-refractivity contribution in [2.45, 2.75) is 68.4 Å². The molecule has 0 bridgehead atoms. The monoisotopic (exact) mass is 524 g/mol. The van der Waals surface area contributed by atoms with Gasteiger partial charge in [-0.15, -0.1) is 10.6 Å². The van der Waals surface area contributed by atoms with Crippen molar-refractivity contribution >= 4 is 16.5 Å². The minimum atomic E-state index is -3.18. The van der Waals surface area contributed by atoms with Crippen molar-refractivity contribution in [1.29, 1.82) is 0 Å². The summed E-state index contributed by atoms with van der Waals surface area (Å²) in [6, 6.07) is 17.2. The van der Waals surface area contributed by atoms with Gasteiger partial charge in [0.15, 0.2) is 4.93 Å². The van der Waals surface area contributed by atoms with Gasteiger partial charge in [0.1, 0.15) is 16.5 Å². The summed E-state index contributed by atoms with van der Waals surface area (Å²) < 4.78 is 41.3. The van der Waals surface area contributed by atoms with E-state index in [9.17, 15) is 18.3 Å². The van der Waals surface area contributed by atoms with Crippen LogP contribution < -0.4 is 4.74 Å². The van der Waals surface area contributed by atoms with Gasteiger partial charge in [-0.1, -0.05) is 31.2 Å². The summed E-state index contributed by atoms with van der Waals surface area (Å²) in [6.45, 7) is 5.66. The quantitative estimate of drug-likeness (QED) is 0.327. The van der Waals surface area contributed by atoms with Crippen LogP contribution in [0.15, 0.2) is 71.8 Å². The van der Waals surface area contributed by atoms with Gasteiger partial charge in [0.2, 0.25) is 5.91 Å². The second kappa shape index (κ2) is 9.74. The van der Waals surface area contributed by atoms with Crippen LogP contribution in [0.2, 0.25) is 0 Å². The number of amides is 1. The maximum atomic E-state index is 13.9. The van der Waals surface area contributed by atoms with E-state index in [0.29, 0.717) is 17.2 Å². The number of ether oxygens (including phenoxy) is 1. The molecule has 2 unspecified atom stereocenters. The molecule has 0 spiro atoms. The SMILES string of the molecule is CC(CC(=O)N(Cc1ccccn1)C(c1ccc2c(c1)S(O)(O)C(C)(C)O2)C1CC1)c1ccc(F)cc1. The lowest BCUT2D eigenvalue weighted by atomic mass is 9.95. The predicted molar refractivity (Wildman–Crippen MR) is 142 cm³/mol. The second-order valence-electron chi connectivity index (χ2n) is 10.5. The van der Waals surface area contributed by atoms with Crippen molar-refractivity contribution < 1.29 is 23.0 Å². The van der Waals surface area contributed by atoms with E-state index in [1.807, 2.05) is 42.2 Å². The van der Waals surface area contributed by atoms with Gasteiger partial charge < -0.3 is 9.64 Å². The first-order valence-electron chi connectivity index (χ1n) is 12.6. The molecule has 2 atom stereocenters. The van der Waals surface area contributed by atoms with Gasteiger partial charge in [0.25, 0.3) is 0 Å². The molecule has 2 aliphatic rings. The van der Waals surface area contributed by atoms with Gasteiger partial charge in [-0.2, -0.15) is 0 Å². The van der Waals surface area contributed by atoms with Crippen LogP contribution in [0.5, 0.6) is 5.75 Å². The van der Waals surface area contributed by atoms with Gasteiger partial charge in [0.05, 0.1) is 18.3 Å². The number of carbonyl (C=O) groups excluding carboxylic acids is 1. The van der Waals surface area contributed by atoms with Gasteiger partial charge in [-0.25, -0.2) is 4.39 Å². The lowest BCUT2D eigenvalue weighted by Gasteiger charge is -2.38. The van der Waals surface area contributed by atoms with Crippen LogP contribution in [0.1, 0.15) is 68.8 Å². The van der Waals surface area contributed by atoms with Crippen molar-refractivity contribution in [3.8, 4) is 5.75 Å². The molecular formula is C29H33FN2O4S. The maximum absolute atomic E-state index is 13.9. The molecule has 8 heteroatoms. The number of aromatic nitrogens is 1. The summed E-state index contributed by atoms with van der Waals surface area (Å²) in [5, 5.41) is 0. The average molecular weight is 525 g/mol. The first-order chi connectivity index (χ1) is 17.6. The zero-order chi connectivity index (χ0) is 26.4. The number of rotatable bonds is 8. The second-order valence-corrected chi connectivity index (χ2v) is 13.1. The highest BCUT2D eigenvalue weighted by Crippen LogP contribution is 2.67. The van der Waals surface area contributed by atoms with E-state index in [1.165, 1.54) is 12.1 Å². The molecule has 3 aromatic rings. The Kier molecular flexibility index (Phi) is 6.77. The van der Waals surface area contributed by atoms with Crippen LogP contribution in [0, 0.1) is 11.7 Å². The van der Waals surface area contributed by atoms with E-state index in [1.54, 1.807) is 38.2 Å². The number of pyridine rings is 1. The largest absolute Gasteiger partial charge is 0.467 e. The number of fused-ring (bicyclic) bond motifs is 1. The van der Waals surface area contributed by atoms with E-state index in [2.05, 4.69) is 4.98 Å². The Hall–Kier alpha value is -2.94. The zero-order valence-corrected chi connectivity index (χ0v) is 22.1. The highest BCUT2D eigenvalue weighted by molar-refractivity contribution is 8.25. The Morgan fingerprint density at radius 3 is 2.49 bits per heavy atom. The van der Waals surface area contributed by atoms with E-state index in [4.69, 9.17) is 4.74 Å². The highest BCUT2D eigenvalue weighted by atomic mass is 32.3. The van der Waals surface area contributed by atoms with Crippen molar-refractivity contribution in [2.75, 3.05) is 0 Å². The third-order valence-electron chi connectivity index (χ3n) is 7.36. The highest BCUT2D eigenvalue weighted by Gasteiger charge is 2.47. The molecule has 2 aromatic carbocycles. The van der Waals surface area contributed by atoms with Crippen LogP contribution in [0.3, 0.4) is 0 Å². The molecule has 1 aliphatic carbocycles. The van der Waals surface area contributed by atoms with Crippen molar-refractivity contribution in [3.63, 3.8) is 0 Å². The molecule has 1 amide bonds. The fourth-order valence-corrected chi connectivity index (χ4v) is 6.44. The maximum Gasteiger partial charge on any atom is 0.224 e. The molecule has 5 rings (SSSR count). The number of benzene rings is 2. The summed E-state index contributed by atoms with van der Waals surface area (Å²) in [7, 11) is -3.18. The number of halogens is 1. The molecule has 2 heterocycles. The van der Waals surface area contributed by atoms with E-state index in [0.717, 1.165) is 29.7 Å². The molecule has 1 aromatic heterocycles. The molecule has 6 nitrogen and oxygen atoms in total. The Balaban J connectivity index is 1.49. The number of nitrogens with zero attached hydrogens (tertiary/aromatic N) is 2. The number of carbonyl (C=O) groups is 1. The fraction of sp³-hybridized carbons (Fsp3) is 0.379. The molecule has 0 saturated heterocycles. The topological polar surface area (TPSA) is 82.9 Å². The molecule has 1 fully saturated rings. The Morgan fingerprint density at radius 2 is 1.84 bits per heavy atom. The zero-order valence-electron chi connectivity index (χ0n) is 21.3. The Morgan fingerprint density at radius 1 is 1.14 bits per heavy atom. The average Bonchev–Trinajstić information content (AvgIpc) is 3.67. The first-order valence-corrected chi connectivity index (χ1v) is 14.2. The lowest BCUT2D eigenvalue weighted by Crippen LogP contribution is -2.36. The minimum Gasteiger partial charge on any atom is -0.467 e. The van der Waals surface area contributed by atoms with Crippen LogP contribution in [0.4, 0.5) is 4.39 Å². The Bertz CT molecular complexity index is 1280. The molecule has 1 aliphatic heterocycles. The van der Waals surface area contributed by atoms with Crippen LogP contribution in [0.25, 0.3) is 0 Å². The molecular weight excluding hydrogens is 491 g/mol. The Labute approximate surface area is 218 Å². The van der Waals surface area contributed by atoms with Crippen molar-refractivity contribution in [1.82, 2.24) is 9.88 Å². The summed E-state index contributed by atoms with van der Waals surface area (Å²) in [4.78, 5) is 19.6. The lowest BCUT2D eigenvalue weighted by molar-refractivity contribution is -0.135. The van der Waals surface area contributed by atoms with Gasteiger partial charge in [-0.05, 0) is 86.1 Å². The summed E-state index contributed by atoms with van der Waals surface area (Å²) >= 11 is 0. The molecule has 37 heavy (non-hydrogen) atoms. The predicted octanol–water partition coefficient (Wildman–Crippen LogP) is 7.13. The standard InChI is InChI=1S/C29H33FN2O4S/c1-19(20-9-12-23(30)13-10-20)16-27(33)32(18-24-6-4-5-15-31-24)28(21-7-8-21)22-11-14-25-26(17-22)37(34,35)29(2,3)36-25/h4-6,9-15,17,19,21,28,34-35H,7-8,16,18H2,1-3H3. The van der Waals surface area contributed by atoms with Gasteiger partial charge >= 0.3 is 0 Å². The summed E-state index contributed by atoms with van der Waals surface area (Å²) in [6.07, 6.45) is 3.95. The number of hydrogen-bond donors (Lipinski definition) is 2. The van der Waals surface area contributed by atoms with Crippen molar-refractivity contribution in [2.24, 2.45) is 5.92 Å². The third-order valence-corrected chi connectivity index (χ3v) is 9.75. The van der Waals surface area contributed by atoms with Crippen LogP contribution >= 0.6 is 10.6 Å². The first kappa shape index (κ1) is 25.7. The molecule has 1 saturated carbocycles. The van der Waals surface area contributed by atoms with Crippen molar-refractivity contribution in [3.05, 3.63) is 89.5 Å². The molecule has 0 radical (unpaired) electrons. The smallest absolute Gasteiger partial charge is 0.224 e. The van der Waals surface area contributed by atoms with Crippen LogP contribution in [-0.2, 0) is 11.3 Å². The van der Waals surface area contributed by atoms with E-state index in [-0.39, 0.29) is 36.0 Å². The number of hydrogen-bond acceptors (Lipinski definition) is 5.